The molecule has 0 saturated heterocycles. The molecule has 2 nitrogen and oxygen atoms in total. The van der Waals surface area contributed by atoms with Gasteiger partial charge < -0.3 is 10.5 Å². The fraction of sp³-hybridized carbons (Fsp3) is 0.500. The van der Waals surface area contributed by atoms with E-state index < -0.39 is 11.7 Å². The number of rotatable bonds is 5. The van der Waals surface area contributed by atoms with Crippen molar-refractivity contribution in [3.8, 4) is 5.75 Å². The smallest absolute Gasteiger partial charge is 0.420 e. The fourth-order valence-electron chi connectivity index (χ4n) is 1.69. The van der Waals surface area contributed by atoms with Gasteiger partial charge in [-0.05, 0) is 59.4 Å². The molecule has 1 aromatic rings. The first-order valence-electron chi connectivity index (χ1n) is 5.53. The molecule has 1 rings (SSSR count). The standard InChI is InChI=1S/C12H15BrF3NO/c1-18-11-9(12(14,15)16)6-8(7-10(11)13)4-2-3-5-17/h6-7H,2-5,17H2,1H3. The van der Waals surface area contributed by atoms with E-state index in [-0.39, 0.29) is 5.75 Å². The number of hydrogen-bond acceptors (Lipinski definition) is 2. The van der Waals surface area contributed by atoms with Crippen molar-refractivity contribution in [1.29, 1.82) is 0 Å². The Bertz CT molecular complexity index is 407. The van der Waals surface area contributed by atoms with Crippen molar-refractivity contribution in [3.63, 3.8) is 0 Å². The summed E-state index contributed by atoms with van der Waals surface area (Å²) in [5.41, 5.74) is 5.24. The Hall–Kier alpha value is -0.750. The van der Waals surface area contributed by atoms with E-state index >= 15 is 0 Å². The van der Waals surface area contributed by atoms with Crippen LogP contribution in [0, 0.1) is 0 Å². The van der Waals surface area contributed by atoms with Gasteiger partial charge in [-0.1, -0.05) is 0 Å². The van der Waals surface area contributed by atoms with Gasteiger partial charge in [-0.3, -0.25) is 0 Å². The van der Waals surface area contributed by atoms with Crippen LogP contribution in [0.25, 0.3) is 0 Å². The van der Waals surface area contributed by atoms with E-state index in [4.69, 9.17) is 10.5 Å². The first-order valence-corrected chi connectivity index (χ1v) is 6.33. The highest BCUT2D eigenvalue weighted by Crippen LogP contribution is 2.41. The molecule has 0 saturated carbocycles. The molecule has 0 heterocycles. The maximum absolute atomic E-state index is 12.9. The van der Waals surface area contributed by atoms with Crippen LogP contribution in [-0.4, -0.2) is 13.7 Å². The third-order valence-electron chi connectivity index (χ3n) is 2.53. The molecule has 1 aromatic carbocycles. The molecule has 2 N–H and O–H groups in total. The van der Waals surface area contributed by atoms with Crippen molar-refractivity contribution >= 4 is 15.9 Å². The third-order valence-corrected chi connectivity index (χ3v) is 3.12. The number of nitrogens with two attached hydrogens (primary N) is 1. The summed E-state index contributed by atoms with van der Waals surface area (Å²) < 4.78 is 43.7. The predicted molar refractivity (Wildman–Crippen MR) is 67.7 cm³/mol. The Morgan fingerprint density at radius 1 is 1.28 bits per heavy atom. The highest BCUT2D eigenvalue weighted by molar-refractivity contribution is 9.10. The molecule has 0 aliphatic heterocycles. The molecule has 0 bridgehead atoms. The molecule has 0 amide bonds. The first-order chi connectivity index (χ1) is 8.40. The molecule has 0 unspecified atom stereocenters. The summed E-state index contributed by atoms with van der Waals surface area (Å²) in [6.07, 6.45) is -2.28. The molecule has 0 aliphatic carbocycles. The summed E-state index contributed by atoms with van der Waals surface area (Å²) in [6, 6.07) is 2.80. The summed E-state index contributed by atoms with van der Waals surface area (Å²) in [5.74, 6) is -0.176. The van der Waals surface area contributed by atoms with Crippen LogP contribution >= 0.6 is 15.9 Å². The van der Waals surface area contributed by atoms with Crippen molar-refractivity contribution in [2.24, 2.45) is 5.73 Å². The Morgan fingerprint density at radius 3 is 2.44 bits per heavy atom. The van der Waals surface area contributed by atoms with Crippen LogP contribution < -0.4 is 10.5 Å². The molecule has 0 atom stereocenters. The normalized spacial score (nSPS) is 11.7. The second-order valence-electron chi connectivity index (χ2n) is 3.90. The van der Waals surface area contributed by atoms with Crippen molar-refractivity contribution < 1.29 is 17.9 Å². The molecule has 102 valence electrons. The lowest BCUT2D eigenvalue weighted by atomic mass is 10.0. The topological polar surface area (TPSA) is 35.2 Å². The zero-order valence-electron chi connectivity index (χ0n) is 9.98. The van der Waals surface area contributed by atoms with Gasteiger partial charge in [0.2, 0.25) is 0 Å². The number of ether oxygens (including phenoxy) is 1. The van der Waals surface area contributed by atoms with Gasteiger partial charge in [0.25, 0.3) is 0 Å². The highest BCUT2D eigenvalue weighted by Gasteiger charge is 2.35. The molecular formula is C12H15BrF3NO. The van der Waals surface area contributed by atoms with Crippen LogP contribution in [0.1, 0.15) is 24.0 Å². The maximum Gasteiger partial charge on any atom is 0.420 e. The zero-order valence-corrected chi connectivity index (χ0v) is 11.6. The molecule has 0 radical (unpaired) electrons. The second-order valence-corrected chi connectivity index (χ2v) is 4.76. The number of hydrogen-bond donors (Lipinski definition) is 1. The fourth-order valence-corrected chi connectivity index (χ4v) is 2.35. The van der Waals surface area contributed by atoms with E-state index in [0.29, 0.717) is 23.0 Å². The van der Waals surface area contributed by atoms with E-state index in [1.165, 1.54) is 7.11 Å². The number of benzene rings is 1. The van der Waals surface area contributed by atoms with E-state index in [2.05, 4.69) is 15.9 Å². The van der Waals surface area contributed by atoms with Crippen LogP contribution in [0.15, 0.2) is 16.6 Å². The van der Waals surface area contributed by atoms with Gasteiger partial charge >= 0.3 is 6.18 Å². The molecule has 0 fully saturated rings. The van der Waals surface area contributed by atoms with E-state index in [1.807, 2.05) is 0 Å². The summed E-state index contributed by atoms with van der Waals surface area (Å²) in [5, 5.41) is 0. The van der Waals surface area contributed by atoms with Crippen molar-refractivity contribution in [3.05, 3.63) is 27.7 Å². The summed E-state index contributed by atoms with van der Waals surface area (Å²) in [6.45, 7) is 0.545. The minimum absolute atomic E-state index is 0.176. The van der Waals surface area contributed by atoms with Crippen molar-refractivity contribution in [2.75, 3.05) is 13.7 Å². The Labute approximate surface area is 112 Å². The van der Waals surface area contributed by atoms with Gasteiger partial charge in [0, 0.05) is 0 Å². The van der Waals surface area contributed by atoms with Gasteiger partial charge in [-0.25, -0.2) is 0 Å². The number of aryl methyl sites for hydroxylation is 1. The molecule has 0 aliphatic rings. The molecule has 18 heavy (non-hydrogen) atoms. The molecule has 0 aromatic heterocycles. The minimum atomic E-state index is -4.42. The Morgan fingerprint density at radius 2 is 1.94 bits per heavy atom. The van der Waals surface area contributed by atoms with E-state index in [9.17, 15) is 13.2 Å². The maximum atomic E-state index is 12.9. The SMILES string of the molecule is COc1c(Br)cc(CCCCN)cc1C(F)(F)F. The quantitative estimate of drug-likeness (QED) is 0.836. The number of alkyl halides is 3. The van der Waals surface area contributed by atoms with Gasteiger partial charge in [0.1, 0.15) is 5.75 Å². The lowest BCUT2D eigenvalue weighted by Crippen LogP contribution is -2.09. The van der Waals surface area contributed by atoms with Gasteiger partial charge in [0.05, 0.1) is 17.1 Å². The molecule has 0 spiro atoms. The number of halogens is 4. The summed E-state index contributed by atoms with van der Waals surface area (Å²) >= 11 is 3.11. The van der Waals surface area contributed by atoms with E-state index in [0.717, 1.165) is 18.9 Å². The lowest BCUT2D eigenvalue weighted by molar-refractivity contribution is -0.138. The monoisotopic (exact) mass is 325 g/mol. The van der Waals surface area contributed by atoms with Gasteiger partial charge in [-0.15, -0.1) is 0 Å². The molecular weight excluding hydrogens is 311 g/mol. The van der Waals surface area contributed by atoms with Crippen LogP contribution in [0.3, 0.4) is 0 Å². The van der Waals surface area contributed by atoms with Crippen LogP contribution in [-0.2, 0) is 12.6 Å². The van der Waals surface area contributed by atoms with Gasteiger partial charge in [-0.2, -0.15) is 13.2 Å². The third kappa shape index (κ3) is 3.88. The minimum Gasteiger partial charge on any atom is -0.495 e. The van der Waals surface area contributed by atoms with Crippen LogP contribution in [0.5, 0.6) is 5.75 Å². The largest absolute Gasteiger partial charge is 0.495 e. The van der Waals surface area contributed by atoms with Crippen LogP contribution in [0.4, 0.5) is 13.2 Å². The number of methoxy groups -OCH3 is 1. The predicted octanol–water partition coefficient (Wildman–Crippen LogP) is 3.76. The van der Waals surface area contributed by atoms with Gasteiger partial charge in [0.15, 0.2) is 0 Å². The number of unbranched alkanes of at least 4 members (excludes halogenated alkanes) is 1. The summed E-state index contributed by atoms with van der Waals surface area (Å²) in [7, 11) is 1.23. The highest BCUT2D eigenvalue weighted by atomic mass is 79.9. The Balaban J connectivity index is 3.06. The van der Waals surface area contributed by atoms with Crippen LogP contribution in [0.2, 0.25) is 0 Å². The second kappa shape index (κ2) is 6.43. The van der Waals surface area contributed by atoms with Crippen molar-refractivity contribution in [1.82, 2.24) is 0 Å². The average molecular weight is 326 g/mol. The lowest BCUT2D eigenvalue weighted by Gasteiger charge is -2.15. The average Bonchev–Trinajstić information content (AvgIpc) is 2.27. The summed E-state index contributed by atoms with van der Waals surface area (Å²) in [4.78, 5) is 0. The molecule has 6 heteroatoms. The van der Waals surface area contributed by atoms with Crippen molar-refractivity contribution in [2.45, 2.75) is 25.4 Å². The Kier molecular flexibility index (Phi) is 5.47. The zero-order chi connectivity index (χ0) is 13.8. The first kappa shape index (κ1) is 15.3. The van der Waals surface area contributed by atoms with E-state index in [1.54, 1.807) is 6.07 Å².